The molecule has 0 bridgehead atoms. The molecule has 1 atom stereocenters. The van der Waals surface area contributed by atoms with Crippen LogP contribution in [-0.2, 0) is 6.54 Å². The lowest BCUT2D eigenvalue weighted by Crippen LogP contribution is -2.44. The smallest absolute Gasteiger partial charge is 0.174 e. The van der Waals surface area contributed by atoms with Crippen molar-refractivity contribution in [2.45, 2.75) is 19.5 Å². The quantitative estimate of drug-likeness (QED) is 0.558. The van der Waals surface area contributed by atoms with Gasteiger partial charge in [-0.1, -0.05) is 17.7 Å². The molecule has 2 aromatic carbocycles. The van der Waals surface area contributed by atoms with Gasteiger partial charge in [-0.2, -0.15) is 0 Å². The molecule has 5 nitrogen and oxygen atoms in total. The number of hydrogen-bond acceptors (Lipinski definition) is 3. The van der Waals surface area contributed by atoms with E-state index in [2.05, 4.69) is 33.1 Å². The molecule has 0 radical (unpaired) electrons. The van der Waals surface area contributed by atoms with Crippen molar-refractivity contribution in [3.63, 3.8) is 0 Å². The van der Waals surface area contributed by atoms with Crippen molar-refractivity contribution >= 4 is 34.6 Å². The Labute approximate surface area is 187 Å². The minimum Gasteiger partial charge on any atom is -0.497 e. The minimum atomic E-state index is -0.113. The first-order valence-corrected chi connectivity index (χ1v) is 10.5. The number of aromatic nitrogens is 1. The second-order valence-electron chi connectivity index (χ2n) is 7.17. The van der Waals surface area contributed by atoms with Crippen LogP contribution in [0.1, 0.15) is 22.9 Å². The van der Waals surface area contributed by atoms with Gasteiger partial charge in [0.25, 0.3) is 0 Å². The van der Waals surface area contributed by atoms with E-state index in [1.54, 1.807) is 14.2 Å². The Morgan fingerprint density at radius 3 is 2.70 bits per heavy atom. The van der Waals surface area contributed by atoms with Crippen molar-refractivity contribution in [1.82, 2.24) is 9.47 Å². The van der Waals surface area contributed by atoms with Crippen molar-refractivity contribution in [2.75, 3.05) is 26.1 Å². The maximum absolute atomic E-state index is 6.30. The number of nitrogens with zero attached hydrogens (tertiary/aromatic N) is 2. The van der Waals surface area contributed by atoms with Crippen LogP contribution in [0.2, 0.25) is 5.02 Å². The van der Waals surface area contributed by atoms with Crippen molar-refractivity contribution < 1.29 is 9.47 Å². The first-order valence-electron chi connectivity index (χ1n) is 9.73. The molecule has 1 aliphatic heterocycles. The molecule has 2 heterocycles. The highest BCUT2D eigenvalue weighted by molar-refractivity contribution is 7.80. The summed E-state index contributed by atoms with van der Waals surface area (Å²) in [5, 5.41) is 4.75. The Bertz CT molecular complexity index is 1080. The van der Waals surface area contributed by atoms with E-state index >= 15 is 0 Å². The minimum absolute atomic E-state index is 0.113. The van der Waals surface area contributed by atoms with E-state index in [1.165, 1.54) is 0 Å². The van der Waals surface area contributed by atoms with Crippen LogP contribution in [0.15, 0.2) is 54.7 Å². The fraction of sp³-hybridized carbons (Fsp3) is 0.261. The summed E-state index contributed by atoms with van der Waals surface area (Å²) in [4.78, 5) is 2.20. The molecule has 7 heteroatoms. The molecular weight excluding hydrogens is 418 g/mol. The summed E-state index contributed by atoms with van der Waals surface area (Å²) in [6, 6.07) is 15.7. The average Bonchev–Trinajstić information content (AvgIpc) is 3.24. The van der Waals surface area contributed by atoms with Gasteiger partial charge in [-0.25, -0.2) is 0 Å². The third-order valence-corrected chi connectivity index (χ3v) is 6.29. The zero-order chi connectivity index (χ0) is 21.3. The molecular formula is C23H24ClN3O2S. The monoisotopic (exact) mass is 441 g/mol. The van der Waals surface area contributed by atoms with Crippen molar-refractivity contribution in [1.29, 1.82) is 0 Å². The van der Waals surface area contributed by atoms with Crippen LogP contribution in [0.4, 0.5) is 5.69 Å². The first kappa shape index (κ1) is 20.6. The SMILES string of the molecule is COc1ccc(OC)c([C@@H]2c3cccn3CCN2C(=S)Nc2cccc(Cl)c2C)c1. The van der Waals surface area contributed by atoms with E-state index in [4.69, 9.17) is 33.3 Å². The Morgan fingerprint density at radius 2 is 1.93 bits per heavy atom. The summed E-state index contributed by atoms with van der Waals surface area (Å²) >= 11 is 12.2. The van der Waals surface area contributed by atoms with E-state index in [1.807, 2.05) is 43.3 Å². The predicted octanol–water partition coefficient (Wildman–Crippen LogP) is 5.27. The number of ether oxygens (including phenoxy) is 2. The molecule has 0 amide bonds. The Hall–Kier alpha value is -2.70. The highest BCUT2D eigenvalue weighted by Gasteiger charge is 2.33. The van der Waals surface area contributed by atoms with Crippen LogP contribution in [0.5, 0.6) is 11.5 Å². The molecule has 1 N–H and O–H groups in total. The summed E-state index contributed by atoms with van der Waals surface area (Å²) in [5.41, 5.74) is 4.03. The maximum Gasteiger partial charge on any atom is 0.174 e. The van der Waals surface area contributed by atoms with E-state index in [-0.39, 0.29) is 6.04 Å². The highest BCUT2D eigenvalue weighted by atomic mass is 35.5. The van der Waals surface area contributed by atoms with Crippen LogP contribution >= 0.6 is 23.8 Å². The lowest BCUT2D eigenvalue weighted by Gasteiger charge is -2.39. The van der Waals surface area contributed by atoms with Crippen LogP contribution in [-0.4, -0.2) is 35.3 Å². The predicted molar refractivity (Wildman–Crippen MR) is 125 cm³/mol. The standard InChI is InChI=1S/C23H24ClN3O2S/c1-15-18(24)6-4-7-19(15)25-23(30)27-13-12-26-11-5-8-20(26)22(27)17-14-16(28-2)9-10-21(17)29-3/h4-11,14,22H,12-13H2,1-3H3,(H,25,30)/t22-/m1/s1. The van der Waals surface area contributed by atoms with Crippen LogP contribution in [0, 0.1) is 6.92 Å². The van der Waals surface area contributed by atoms with Gasteiger partial charge >= 0.3 is 0 Å². The molecule has 0 saturated heterocycles. The molecule has 0 saturated carbocycles. The van der Waals surface area contributed by atoms with Gasteiger partial charge in [-0.15, -0.1) is 0 Å². The molecule has 4 rings (SSSR count). The number of anilines is 1. The van der Waals surface area contributed by atoms with E-state index in [9.17, 15) is 0 Å². The fourth-order valence-corrected chi connectivity index (χ4v) is 4.39. The molecule has 0 unspecified atom stereocenters. The second-order valence-corrected chi connectivity index (χ2v) is 7.97. The maximum atomic E-state index is 6.30. The molecule has 3 aromatic rings. The Morgan fingerprint density at radius 1 is 1.10 bits per heavy atom. The van der Waals surface area contributed by atoms with Crippen molar-refractivity contribution in [2.24, 2.45) is 0 Å². The van der Waals surface area contributed by atoms with Gasteiger partial charge in [0.05, 0.1) is 14.2 Å². The van der Waals surface area contributed by atoms with Gasteiger partial charge in [0, 0.05) is 41.3 Å². The molecule has 0 fully saturated rings. The third-order valence-electron chi connectivity index (χ3n) is 5.54. The van der Waals surface area contributed by atoms with E-state index in [0.717, 1.165) is 47.1 Å². The van der Waals surface area contributed by atoms with Crippen molar-refractivity contribution in [3.8, 4) is 11.5 Å². The lowest BCUT2D eigenvalue weighted by molar-refractivity contribution is 0.284. The number of benzene rings is 2. The lowest BCUT2D eigenvalue weighted by atomic mass is 9.98. The van der Waals surface area contributed by atoms with Crippen LogP contribution in [0.25, 0.3) is 0 Å². The third kappa shape index (κ3) is 3.73. The molecule has 0 aliphatic carbocycles. The summed E-state index contributed by atoms with van der Waals surface area (Å²) in [6.07, 6.45) is 2.10. The number of methoxy groups -OCH3 is 2. The second kappa shape index (κ2) is 8.58. The number of nitrogens with one attached hydrogen (secondary N) is 1. The Kier molecular flexibility index (Phi) is 5.88. The topological polar surface area (TPSA) is 38.7 Å². The summed E-state index contributed by atoms with van der Waals surface area (Å²) in [5.74, 6) is 1.57. The van der Waals surface area contributed by atoms with Gasteiger partial charge in [0.1, 0.15) is 17.5 Å². The first-order chi connectivity index (χ1) is 14.5. The number of hydrogen-bond donors (Lipinski definition) is 1. The highest BCUT2D eigenvalue weighted by Crippen LogP contribution is 2.39. The zero-order valence-corrected chi connectivity index (χ0v) is 18.8. The number of fused-ring (bicyclic) bond motifs is 1. The van der Waals surface area contributed by atoms with Gasteiger partial charge < -0.3 is 24.3 Å². The molecule has 1 aromatic heterocycles. The number of thiocarbonyl (C=S) groups is 1. The van der Waals surface area contributed by atoms with Gasteiger partial charge in [-0.05, 0) is 67.2 Å². The van der Waals surface area contributed by atoms with Gasteiger partial charge in [0.2, 0.25) is 0 Å². The number of halogens is 1. The van der Waals surface area contributed by atoms with Gasteiger partial charge in [-0.3, -0.25) is 0 Å². The van der Waals surface area contributed by atoms with Crippen LogP contribution < -0.4 is 14.8 Å². The summed E-state index contributed by atoms with van der Waals surface area (Å²) in [6.45, 7) is 3.59. The summed E-state index contributed by atoms with van der Waals surface area (Å²) in [7, 11) is 3.35. The summed E-state index contributed by atoms with van der Waals surface area (Å²) < 4.78 is 13.4. The largest absolute Gasteiger partial charge is 0.497 e. The molecule has 0 spiro atoms. The fourth-order valence-electron chi connectivity index (χ4n) is 3.91. The molecule has 1 aliphatic rings. The zero-order valence-electron chi connectivity index (χ0n) is 17.2. The number of rotatable bonds is 4. The van der Waals surface area contributed by atoms with E-state index < -0.39 is 0 Å². The Balaban J connectivity index is 1.76. The van der Waals surface area contributed by atoms with E-state index in [0.29, 0.717) is 10.1 Å². The van der Waals surface area contributed by atoms with Crippen LogP contribution in [0.3, 0.4) is 0 Å². The molecule has 30 heavy (non-hydrogen) atoms. The normalized spacial score (nSPS) is 15.5. The van der Waals surface area contributed by atoms with Crippen molar-refractivity contribution in [3.05, 3.63) is 76.6 Å². The van der Waals surface area contributed by atoms with Gasteiger partial charge in [0.15, 0.2) is 5.11 Å². The average molecular weight is 442 g/mol. The molecule has 156 valence electrons.